The van der Waals surface area contributed by atoms with Crippen LogP contribution in [-0.4, -0.2) is 11.7 Å². The topological polar surface area (TPSA) is 44.0 Å². The molecule has 0 unspecified atom stereocenters. The highest BCUT2D eigenvalue weighted by molar-refractivity contribution is 4.03. The Kier molecular flexibility index (Phi) is 180. The maximum atomic E-state index is 7.57. The number of aliphatic hydroxyl groups excluding tert-OH is 1. The van der Waals surface area contributed by atoms with Crippen LogP contribution >= 0.6 is 0 Å². The van der Waals surface area contributed by atoms with Crippen molar-refractivity contribution in [1.82, 2.24) is 0 Å². The lowest BCUT2D eigenvalue weighted by Crippen LogP contribution is -1.57. The van der Waals surface area contributed by atoms with E-state index in [0.29, 0.717) is 0 Å². The first-order valence-electron chi connectivity index (χ1n) is 1.28. The second-order valence-corrected chi connectivity index (χ2v) is 0.316. The monoisotopic (exact) mass is 73.1 g/mol. The van der Waals surface area contributed by atoms with Gasteiger partial charge in [-0.25, -0.2) is 5.26 Å². The Bertz CT molecular complexity index is 18.1. The van der Waals surface area contributed by atoms with Gasteiger partial charge in [0.15, 0.2) is 0 Å². The van der Waals surface area contributed by atoms with E-state index in [2.05, 4.69) is 6.57 Å². The summed E-state index contributed by atoms with van der Waals surface area (Å²) in [5.41, 5.74) is 0. The Morgan fingerprint density at radius 1 is 1.80 bits per heavy atom. The summed E-state index contributed by atoms with van der Waals surface area (Å²) in [6.45, 7) is 5.43. The fourth-order valence-electron chi connectivity index (χ4n) is 0. The maximum Gasteiger partial charge on any atom is 0.0462 e. The van der Waals surface area contributed by atoms with Gasteiger partial charge >= 0.3 is 0 Å². The van der Waals surface area contributed by atoms with Crippen molar-refractivity contribution in [3.05, 3.63) is 0 Å². The summed E-state index contributed by atoms with van der Waals surface area (Å²) >= 11 is 0. The van der Waals surface area contributed by atoms with E-state index in [1.54, 1.807) is 6.92 Å². The van der Waals surface area contributed by atoms with Crippen LogP contribution in [0.15, 0.2) is 0 Å². The van der Waals surface area contributed by atoms with E-state index >= 15 is 0 Å². The fourth-order valence-corrected chi connectivity index (χ4v) is 0. The van der Waals surface area contributed by atoms with Crippen LogP contribution < -0.4 is 0 Å². The van der Waals surface area contributed by atoms with Crippen molar-refractivity contribution < 1.29 is 5.11 Å². The minimum Gasteiger partial charge on any atom is -0.397 e. The molecule has 0 aromatic rings. The van der Waals surface area contributed by atoms with E-state index in [-0.39, 0.29) is 6.61 Å². The molecule has 0 bridgehead atoms. The summed E-state index contributed by atoms with van der Waals surface area (Å²) in [6.07, 6.45) is 0. The molecule has 0 spiro atoms. The van der Waals surface area contributed by atoms with Crippen LogP contribution in [0.25, 0.3) is 0 Å². The average molecular weight is 73.1 g/mol. The fraction of sp³-hybridized carbons (Fsp3) is 0.667. The molecule has 0 aliphatic heterocycles. The lowest BCUT2D eigenvalue weighted by atomic mass is 10.9. The molecule has 0 heterocycles. The average Bonchev–Trinajstić information content (AvgIpc) is 1.46. The lowest BCUT2D eigenvalue weighted by molar-refractivity contribution is 0.318. The Balaban J connectivity index is 0. The Hall–Kier alpha value is -0.550. The molecule has 0 aromatic heterocycles. The van der Waals surface area contributed by atoms with Gasteiger partial charge in [0.25, 0.3) is 0 Å². The smallest absolute Gasteiger partial charge is 0.0462 e. The molecule has 0 fully saturated rings. The Morgan fingerprint density at radius 2 is 1.80 bits per heavy atom. The molecule has 0 aliphatic rings. The molecule has 2 heteroatoms. The van der Waals surface area contributed by atoms with Gasteiger partial charge in [0.05, 0.1) is 0 Å². The van der Waals surface area contributed by atoms with Gasteiger partial charge in [-0.05, 0) is 6.92 Å². The van der Waals surface area contributed by atoms with Crippen LogP contribution in [0, 0.1) is 11.8 Å². The van der Waals surface area contributed by atoms with Gasteiger partial charge in [-0.3, -0.25) is 0 Å². The first kappa shape index (κ1) is 8.82. The van der Waals surface area contributed by atoms with E-state index < -0.39 is 0 Å². The second-order valence-electron chi connectivity index (χ2n) is 0.316. The zero-order valence-corrected chi connectivity index (χ0v) is 3.18. The minimum absolute atomic E-state index is 0.250. The summed E-state index contributed by atoms with van der Waals surface area (Å²) in [6, 6.07) is 0. The van der Waals surface area contributed by atoms with Gasteiger partial charge in [-0.2, -0.15) is 0 Å². The summed E-state index contributed by atoms with van der Waals surface area (Å²) in [4.78, 5) is 0. The molecule has 1 N–H and O–H groups in total. The number of nitriles is 1. The minimum atomic E-state index is 0.250. The first-order chi connectivity index (χ1) is 2.41. The normalized spacial score (nSPS) is 4.00. The number of hydrogen-bond acceptors (Lipinski definition) is 2. The van der Waals surface area contributed by atoms with Crippen molar-refractivity contribution in [3.63, 3.8) is 0 Å². The van der Waals surface area contributed by atoms with Gasteiger partial charge in [-0.1, -0.05) is 0 Å². The molecule has 0 saturated carbocycles. The Morgan fingerprint density at radius 3 is 1.80 bits per heavy atom. The molecular formula is C3H7NO. The first-order valence-corrected chi connectivity index (χ1v) is 1.28. The van der Waals surface area contributed by atoms with Crippen LogP contribution in [0.3, 0.4) is 0 Å². The molecule has 0 aliphatic carbocycles. The molecule has 0 saturated heterocycles. The van der Waals surface area contributed by atoms with Crippen LogP contribution in [0.2, 0.25) is 0 Å². The number of rotatable bonds is 0. The zero-order valence-electron chi connectivity index (χ0n) is 3.18. The summed E-state index contributed by atoms with van der Waals surface area (Å²) in [5.74, 6) is 0. The standard InChI is InChI=1S/C2H6O.CHN/c1-2-3;1-2/h3H,2H2,1H3;1H. The van der Waals surface area contributed by atoms with Crippen molar-refractivity contribution in [2.24, 2.45) is 0 Å². The van der Waals surface area contributed by atoms with Crippen molar-refractivity contribution in [2.75, 3.05) is 6.61 Å². The number of nitrogens with zero attached hydrogens (tertiary/aromatic N) is 1. The van der Waals surface area contributed by atoms with Crippen molar-refractivity contribution in [3.8, 4) is 6.57 Å². The summed E-state index contributed by atoms with van der Waals surface area (Å²) < 4.78 is 0. The highest BCUT2D eigenvalue weighted by Gasteiger charge is 1.34. The molecule has 2 nitrogen and oxygen atoms in total. The quantitative estimate of drug-likeness (QED) is 0.443. The van der Waals surface area contributed by atoms with Crippen LogP contribution in [0.5, 0.6) is 0 Å². The van der Waals surface area contributed by atoms with Gasteiger partial charge in [-0.15, -0.1) is 0 Å². The third-order valence-corrected chi connectivity index (χ3v) is 0. The van der Waals surface area contributed by atoms with E-state index in [4.69, 9.17) is 10.4 Å². The Labute approximate surface area is 31.7 Å². The predicted octanol–water partition coefficient (Wildman–Crippen LogP) is 0.138. The molecular weight excluding hydrogens is 66.0 g/mol. The molecule has 0 aromatic carbocycles. The number of aliphatic hydroxyl groups is 1. The zero-order chi connectivity index (χ0) is 4.71. The van der Waals surface area contributed by atoms with Crippen LogP contribution in [0.1, 0.15) is 6.92 Å². The highest BCUT2D eigenvalue weighted by atomic mass is 16.2. The van der Waals surface area contributed by atoms with Crippen LogP contribution in [-0.2, 0) is 0 Å². The van der Waals surface area contributed by atoms with E-state index in [9.17, 15) is 0 Å². The molecule has 30 valence electrons. The van der Waals surface area contributed by atoms with Gasteiger partial charge in [0.2, 0.25) is 0 Å². The SMILES string of the molecule is C#N.CCO. The van der Waals surface area contributed by atoms with E-state index in [1.807, 2.05) is 0 Å². The maximum absolute atomic E-state index is 7.57. The van der Waals surface area contributed by atoms with E-state index in [1.165, 1.54) is 0 Å². The third-order valence-electron chi connectivity index (χ3n) is 0. The van der Waals surface area contributed by atoms with Crippen molar-refractivity contribution in [1.29, 1.82) is 5.26 Å². The van der Waals surface area contributed by atoms with Gasteiger partial charge in [0.1, 0.15) is 0 Å². The molecule has 0 radical (unpaired) electrons. The highest BCUT2D eigenvalue weighted by Crippen LogP contribution is 1.30. The number of hydrogen-bond donors (Lipinski definition) is 1. The van der Waals surface area contributed by atoms with Crippen molar-refractivity contribution >= 4 is 0 Å². The molecule has 0 rings (SSSR count). The third kappa shape index (κ3) is 24.0. The summed E-state index contributed by atoms with van der Waals surface area (Å²) in [7, 11) is 0. The predicted molar refractivity (Wildman–Crippen MR) is 19.4 cm³/mol. The largest absolute Gasteiger partial charge is 0.397 e. The molecule has 5 heavy (non-hydrogen) atoms. The molecule has 0 atom stereocenters. The van der Waals surface area contributed by atoms with Crippen molar-refractivity contribution in [2.45, 2.75) is 6.92 Å². The van der Waals surface area contributed by atoms with Gasteiger partial charge in [0, 0.05) is 13.2 Å². The summed E-state index contributed by atoms with van der Waals surface area (Å²) in [5, 5.41) is 14.1. The van der Waals surface area contributed by atoms with E-state index in [0.717, 1.165) is 0 Å². The van der Waals surface area contributed by atoms with Crippen LogP contribution in [0.4, 0.5) is 0 Å². The van der Waals surface area contributed by atoms with Gasteiger partial charge < -0.3 is 5.11 Å². The molecule has 0 amide bonds. The second kappa shape index (κ2) is 102. The lowest BCUT2D eigenvalue weighted by Gasteiger charge is -1.52.